The highest BCUT2D eigenvalue weighted by Crippen LogP contribution is 2.28. The molecule has 1 N–H and O–H groups in total. The second-order valence-electron chi connectivity index (χ2n) is 8.61. The van der Waals surface area contributed by atoms with Crippen molar-refractivity contribution in [3.05, 3.63) is 90.3 Å². The fourth-order valence-electron chi connectivity index (χ4n) is 4.54. The summed E-state index contributed by atoms with van der Waals surface area (Å²) < 4.78 is 11.3. The van der Waals surface area contributed by atoms with Gasteiger partial charge < -0.3 is 19.7 Å². The minimum absolute atomic E-state index is 0.0257. The number of nitrogens with one attached hydrogen (secondary N) is 1. The molecule has 3 aromatic rings. The Morgan fingerprint density at radius 1 is 1.03 bits per heavy atom. The molecule has 2 amide bonds. The lowest BCUT2D eigenvalue weighted by atomic mass is 10.0. The van der Waals surface area contributed by atoms with Gasteiger partial charge in [-0.2, -0.15) is 0 Å². The number of para-hydroxylation sites is 1. The largest absolute Gasteiger partial charge is 0.457 e. The van der Waals surface area contributed by atoms with Crippen LogP contribution in [-0.2, 0) is 20.7 Å². The van der Waals surface area contributed by atoms with E-state index in [0.29, 0.717) is 30.0 Å². The lowest BCUT2D eigenvalue weighted by molar-refractivity contribution is -0.138. The van der Waals surface area contributed by atoms with E-state index in [9.17, 15) is 14.4 Å². The Balaban J connectivity index is 1.31. The minimum Gasteiger partial charge on any atom is -0.457 e. The Morgan fingerprint density at radius 2 is 1.74 bits per heavy atom. The van der Waals surface area contributed by atoms with E-state index in [1.807, 2.05) is 30.3 Å². The van der Waals surface area contributed by atoms with Crippen LogP contribution in [0.2, 0.25) is 0 Å². The SMILES string of the molecule is O=C(NC(Cc1ccncc1)C(=O)N1CCC2OCC(=O)C21)c1ccc(Oc2ccccc2)cc1. The molecule has 3 heterocycles. The predicted molar refractivity (Wildman–Crippen MR) is 127 cm³/mol. The molecule has 2 aliphatic rings. The molecule has 8 heteroatoms. The summed E-state index contributed by atoms with van der Waals surface area (Å²) in [5, 5.41) is 2.88. The van der Waals surface area contributed by atoms with Gasteiger partial charge >= 0.3 is 0 Å². The van der Waals surface area contributed by atoms with Crippen LogP contribution in [-0.4, -0.2) is 58.8 Å². The van der Waals surface area contributed by atoms with Crippen LogP contribution in [0, 0.1) is 0 Å². The van der Waals surface area contributed by atoms with Crippen LogP contribution in [0.3, 0.4) is 0 Å². The zero-order valence-corrected chi connectivity index (χ0v) is 19.0. The first kappa shape index (κ1) is 22.7. The molecule has 2 aromatic carbocycles. The van der Waals surface area contributed by atoms with E-state index >= 15 is 0 Å². The summed E-state index contributed by atoms with van der Waals surface area (Å²) in [5.41, 5.74) is 1.26. The van der Waals surface area contributed by atoms with E-state index in [4.69, 9.17) is 9.47 Å². The summed E-state index contributed by atoms with van der Waals surface area (Å²) in [4.78, 5) is 44.5. The van der Waals surface area contributed by atoms with Crippen LogP contribution >= 0.6 is 0 Å². The van der Waals surface area contributed by atoms with Gasteiger partial charge in [0.25, 0.3) is 5.91 Å². The van der Waals surface area contributed by atoms with Gasteiger partial charge in [-0.1, -0.05) is 18.2 Å². The summed E-state index contributed by atoms with van der Waals surface area (Å²) in [7, 11) is 0. The number of hydrogen-bond acceptors (Lipinski definition) is 6. The van der Waals surface area contributed by atoms with E-state index < -0.39 is 12.1 Å². The number of rotatable bonds is 7. The van der Waals surface area contributed by atoms with Gasteiger partial charge in [0.15, 0.2) is 5.78 Å². The smallest absolute Gasteiger partial charge is 0.251 e. The maximum absolute atomic E-state index is 13.5. The first-order valence-electron chi connectivity index (χ1n) is 11.6. The van der Waals surface area contributed by atoms with Gasteiger partial charge in [-0.15, -0.1) is 0 Å². The Labute approximate surface area is 202 Å². The molecule has 2 saturated heterocycles. The van der Waals surface area contributed by atoms with Crippen molar-refractivity contribution >= 4 is 17.6 Å². The predicted octanol–water partition coefficient (Wildman–Crippen LogP) is 2.78. The first-order valence-corrected chi connectivity index (χ1v) is 11.6. The van der Waals surface area contributed by atoms with Crippen molar-refractivity contribution in [3.63, 3.8) is 0 Å². The monoisotopic (exact) mass is 471 g/mol. The summed E-state index contributed by atoms with van der Waals surface area (Å²) in [6.45, 7) is 0.450. The molecule has 5 rings (SSSR count). The number of carbonyl (C=O) groups is 3. The molecular weight excluding hydrogens is 446 g/mol. The zero-order chi connectivity index (χ0) is 24.2. The van der Waals surface area contributed by atoms with Crippen molar-refractivity contribution in [2.24, 2.45) is 0 Å². The second-order valence-corrected chi connectivity index (χ2v) is 8.61. The van der Waals surface area contributed by atoms with Crippen LogP contribution in [0.15, 0.2) is 79.1 Å². The molecule has 35 heavy (non-hydrogen) atoms. The third kappa shape index (κ3) is 5.07. The van der Waals surface area contributed by atoms with Crippen molar-refractivity contribution in [3.8, 4) is 11.5 Å². The van der Waals surface area contributed by atoms with Crippen LogP contribution < -0.4 is 10.1 Å². The minimum atomic E-state index is -0.836. The van der Waals surface area contributed by atoms with E-state index in [2.05, 4.69) is 10.3 Å². The number of amides is 2. The van der Waals surface area contributed by atoms with Gasteiger partial charge in [0.1, 0.15) is 30.2 Å². The number of carbonyl (C=O) groups excluding carboxylic acids is 3. The van der Waals surface area contributed by atoms with E-state index in [1.165, 1.54) is 0 Å². The molecule has 0 bridgehead atoms. The molecule has 2 fully saturated rings. The average Bonchev–Trinajstić information content (AvgIpc) is 3.48. The number of nitrogens with zero attached hydrogens (tertiary/aromatic N) is 2. The maximum atomic E-state index is 13.5. The van der Waals surface area contributed by atoms with Crippen LogP contribution in [0.4, 0.5) is 0 Å². The molecule has 178 valence electrons. The van der Waals surface area contributed by atoms with Gasteiger partial charge in [0.2, 0.25) is 5.91 Å². The Kier molecular flexibility index (Phi) is 6.54. The van der Waals surface area contributed by atoms with Crippen molar-refractivity contribution in [2.75, 3.05) is 13.2 Å². The molecule has 8 nitrogen and oxygen atoms in total. The maximum Gasteiger partial charge on any atom is 0.251 e. The lowest BCUT2D eigenvalue weighted by Crippen LogP contribution is -2.53. The lowest BCUT2D eigenvalue weighted by Gasteiger charge is -2.27. The quantitative estimate of drug-likeness (QED) is 0.569. The summed E-state index contributed by atoms with van der Waals surface area (Å²) in [6.07, 6.45) is 3.92. The Bertz CT molecular complexity index is 1200. The highest BCUT2D eigenvalue weighted by Gasteiger charge is 2.48. The molecule has 0 spiro atoms. The number of likely N-dealkylation sites (tertiary alicyclic amines) is 1. The van der Waals surface area contributed by atoms with E-state index in [0.717, 1.165) is 5.56 Å². The van der Waals surface area contributed by atoms with Crippen LogP contribution in [0.5, 0.6) is 11.5 Å². The van der Waals surface area contributed by atoms with Gasteiger partial charge in [-0.05, 0) is 60.5 Å². The van der Waals surface area contributed by atoms with Crippen molar-refractivity contribution in [1.29, 1.82) is 0 Å². The third-order valence-corrected chi connectivity index (χ3v) is 6.28. The number of ketones is 1. The first-order chi connectivity index (χ1) is 17.1. The van der Waals surface area contributed by atoms with Crippen LogP contribution in [0.25, 0.3) is 0 Å². The molecule has 0 aliphatic carbocycles. The van der Waals surface area contributed by atoms with Gasteiger partial charge in [-0.3, -0.25) is 19.4 Å². The molecular formula is C27H25N3O5. The topological polar surface area (TPSA) is 97.8 Å². The molecule has 0 radical (unpaired) electrons. The van der Waals surface area contributed by atoms with Crippen LogP contribution in [0.1, 0.15) is 22.3 Å². The highest BCUT2D eigenvalue weighted by atomic mass is 16.5. The molecule has 3 atom stereocenters. The van der Waals surface area contributed by atoms with Gasteiger partial charge in [0.05, 0.1) is 6.10 Å². The third-order valence-electron chi connectivity index (χ3n) is 6.28. The number of pyridine rings is 1. The summed E-state index contributed by atoms with van der Waals surface area (Å²) >= 11 is 0. The van der Waals surface area contributed by atoms with E-state index in [-0.39, 0.29) is 36.7 Å². The number of fused-ring (bicyclic) bond motifs is 1. The van der Waals surface area contributed by atoms with Crippen molar-refractivity contribution in [1.82, 2.24) is 15.2 Å². The standard InChI is InChI=1S/C27H25N3O5/c31-23-17-34-24-12-15-30(25(23)24)27(33)22(16-18-10-13-28-14-11-18)29-26(32)19-6-8-21(9-7-19)35-20-4-2-1-3-5-20/h1-11,13-14,22,24-25H,12,15-17H2,(H,29,32). The Hall–Kier alpha value is -4.04. The average molecular weight is 472 g/mol. The fourth-order valence-corrected chi connectivity index (χ4v) is 4.54. The van der Waals surface area contributed by atoms with Crippen molar-refractivity contribution in [2.45, 2.75) is 31.0 Å². The summed E-state index contributed by atoms with van der Waals surface area (Å²) in [6, 6.07) is 18.3. The van der Waals surface area contributed by atoms with E-state index in [1.54, 1.807) is 53.7 Å². The number of Topliss-reactive ketones (excluding diaryl/α,β-unsaturated/α-hetero) is 1. The summed E-state index contributed by atoms with van der Waals surface area (Å²) in [5.74, 6) is 0.532. The molecule has 2 aliphatic heterocycles. The number of aromatic nitrogens is 1. The number of benzene rings is 2. The normalized spacial score (nSPS) is 19.8. The highest BCUT2D eigenvalue weighted by molar-refractivity contribution is 5.99. The number of hydrogen-bond donors (Lipinski definition) is 1. The Morgan fingerprint density at radius 3 is 2.49 bits per heavy atom. The molecule has 1 aromatic heterocycles. The number of ether oxygens (including phenoxy) is 2. The fraction of sp³-hybridized carbons (Fsp3) is 0.259. The van der Waals surface area contributed by atoms with Gasteiger partial charge in [0, 0.05) is 30.9 Å². The molecule has 0 saturated carbocycles. The van der Waals surface area contributed by atoms with Gasteiger partial charge in [-0.25, -0.2) is 0 Å². The zero-order valence-electron chi connectivity index (χ0n) is 19.0. The second kappa shape index (κ2) is 10.1. The van der Waals surface area contributed by atoms with Crippen molar-refractivity contribution < 1.29 is 23.9 Å². The molecule has 3 unspecified atom stereocenters.